The van der Waals surface area contributed by atoms with Gasteiger partial charge in [-0.1, -0.05) is 24.3 Å². The topological polar surface area (TPSA) is 43.4 Å². The number of rotatable bonds is 6. The van der Waals surface area contributed by atoms with Crippen LogP contribution in [0.1, 0.15) is 24.1 Å². The molecule has 1 atom stereocenters. The molecule has 0 aliphatic rings. The van der Waals surface area contributed by atoms with E-state index < -0.39 is 0 Å². The lowest BCUT2D eigenvalue weighted by Gasteiger charge is -2.18. The summed E-state index contributed by atoms with van der Waals surface area (Å²) in [7, 11) is 3.36. The number of ether oxygens (including phenoxy) is 2. The van der Waals surface area contributed by atoms with Crippen molar-refractivity contribution in [3.63, 3.8) is 0 Å². The number of methoxy groups -OCH3 is 2. The minimum absolute atomic E-state index is 0.119. The van der Waals surface area contributed by atoms with Gasteiger partial charge in [-0.05, 0) is 36.8 Å². The standard InChI is InChI=1S/C20H22N2O2/c1-14(18-12-17(23-2)9-10-19(18)24-3)22-13-16-7-4-6-15-8-5-11-21-20(15)16/h4-12,14,22H,13H2,1-3H3. The molecule has 0 aliphatic carbocycles. The molecule has 1 aromatic heterocycles. The summed E-state index contributed by atoms with van der Waals surface area (Å²) in [4.78, 5) is 4.51. The van der Waals surface area contributed by atoms with Gasteiger partial charge in [0.15, 0.2) is 0 Å². The number of nitrogens with one attached hydrogen (secondary N) is 1. The van der Waals surface area contributed by atoms with E-state index in [1.165, 1.54) is 5.56 Å². The maximum Gasteiger partial charge on any atom is 0.123 e. The predicted molar refractivity (Wildman–Crippen MR) is 96.5 cm³/mol. The van der Waals surface area contributed by atoms with Crippen LogP contribution in [0.25, 0.3) is 10.9 Å². The van der Waals surface area contributed by atoms with E-state index in [2.05, 4.69) is 41.5 Å². The lowest BCUT2D eigenvalue weighted by Crippen LogP contribution is -2.19. The van der Waals surface area contributed by atoms with Gasteiger partial charge in [-0.2, -0.15) is 0 Å². The summed E-state index contributed by atoms with van der Waals surface area (Å²) in [6.45, 7) is 2.85. The van der Waals surface area contributed by atoms with Crippen molar-refractivity contribution in [2.75, 3.05) is 14.2 Å². The fourth-order valence-electron chi connectivity index (χ4n) is 2.86. The van der Waals surface area contributed by atoms with Crippen LogP contribution >= 0.6 is 0 Å². The normalized spacial score (nSPS) is 12.1. The van der Waals surface area contributed by atoms with Gasteiger partial charge >= 0.3 is 0 Å². The zero-order chi connectivity index (χ0) is 16.9. The quantitative estimate of drug-likeness (QED) is 0.742. The highest BCUT2D eigenvalue weighted by Gasteiger charge is 2.13. The fraction of sp³-hybridized carbons (Fsp3) is 0.250. The molecular formula is C20H22N2O2. The number of pyridine rings is 1. The van der Waals surface area contributed by atoms with Crippen LogP contribution in [0.4, 0.5) is 0 Å². The van der Waals surface area contributed by atoms with Crippen molar-refractivity contribution in [3.8, 4) is 11.5 Å². The summed E-state index contributed by atoms with van der Waals surface area (Å²) < 4.78 is 10.8. The van der Waals surface area contributed by atoms with Gasteiger partial charge in [0, 0.05) is 29.7 Å². The molecule has 2 aromatic carbocycles. The van der Waals surface area contributed by atoms with E-state index in [1.54, 1.807) is 14.2 Å². The molecule has 1 unspecified atom stereocenters. The van der Waals surface area contributed by atoms with Crippen LogP contribution < -0.4 is 14.8 Å². The zero-order valence-corrected chi connectivity index (χ0v) is 14.2. The second-order valence-electron chi connectivity index (χ2n) is 5.70. The third-order valence-electron chi connectivity index (χ3n) is 4.22. The summed E-state index contributed by atoms with van der Waals surface area (Å²) in [5.41, 5.74) is 3.30. The number of para-hydroxylation sites is 1. The summed E-state index contributed by atoms with van der Waals surface area (Å²) in [5.74, 6) is 1.68. The van der Waals surface area contributed by atoms with Gasteiger partial charge in [-0.3, -0.25) is 4.98 Å². The van der Waals surface area contributed by atoms with E-state index in [1.807, 2.05) is 30.5 Å². The van der Waals surface area contributed by atoms with Gasteiger partial charge in [0.05, 0.1) is 19.7 Å². The lowest BCUT2D eigenvalue weighted by molar-refractivity contribution is 0.391. The van der Waals surface area contributed by atoms with Gasteiger partial charge in [0.25, 0.3) is 0 Å². The third-order valence-corrected chi connectivity index (χ3v) is 4.22. The van der Waals surface area contributed by atoms with Crippen LogP contribution in [-0.2, 0) is 6.54 Å². The highest BCUT2D eigenvalue weighted by molar-refractivity contribution is 5.81. The van der Waals surface area contributed by atoms with Crippen molar-refractivity contribution in [2.24, 2.45) is 0 Å². The Balaban J connectivity index is 1.81. The van der Waals surface area contributed by atoms with Crippen LogP contribution in [0.2, 0.25) is 0 Å². The summed E-state index contributed by atoms with van der Waals surface area (Å²) in [5, 5.41) is 4.71. The number of nitrogens with zero attached hydrogens (tertiary/aromatic N) is 1. The van der Waals surface area contributed by atoms with Crippen LogP contribution in [0, 0.1) is 0 Å². The maximum atomic E-state index is 5.48. The summed E-state index contributed by atoms with van der Waals surface area (Å²) in [6, 6.07) is 16.3. The largest absolute Gasteiger partial charge is 0.497 e. The predicted octanol–water partition coefficient (Wildman–Crippen LogP) is 4.10. The molecule has 3 rings (SSSR count). The maximum absolute atomic E-state index is 5.48. The molecule has 0 aliphatic heterocycles. The molecule has 24 heavy (non-hydrogen) atoms. The minimum atomic E-state index is 0.119. The van der Waals surface area contributed by atoms with Crippen LogP contribution in [-0.4, -0.2) is 19.2 Å². The summed E-state index contributed by atoms with van der Waals surface area (Å²) in [6.07, 6.45) is 1.83. The van der Waals surface area contributed by atoms with Gasteiger partial charge in [0.1, 0.15) is 11.5 Å². The molecule has 0 spiro atoms. The molecule has 0 radical (unpaired) electrons. The highest BCUT2D eigenvalue weighted by Crippen LogP contribution is 2.29. The molecule has 0 saturated heterocycles. The summed E-state index contributed by atoms with van der Waals surface area (Å²) >= 11 is 0. The second-order valence-corrected chi connectivity index (χ2v) is 5.70. The monoisotopic (exact) mass is 322 g/mol. The number of aromatic nitrogens is 1. The Morgan fingerprint density at radius 1 is 1.04 bits per heavy atom. The van der Waals surface area contributed by atoms with E-state index in [0.29, 0.717) is 0 Å². The molecule has 0 bridgehead atoms. The molecule has 4 nitrogen and oxygen atoms in total. The van der Waals surface area contributed by atoms with Crippen molar-refractivity contribution in [2.45, 2.75) is 19.5 Å². The van der Waals surface area contributed by atoms with Gasteiger partial charge < -0.3 is 14.8 Å². The SMILES string of the molecule is COc1ccc(OC)c(C(C)NCc2cccc3cccnc23)c1. The first kappa shape index (κ1) is 16.3. The molecule has 0 fully saturated rings. The first-order valence-electron chi connectivity index (χ1n) is 8.01. The van der Waals surface area contributed by atoms with E-state index in [4.69, 9.17) is 9.47 Å². The van der Waals surface area contributed by atoms with E-state index in [-0.39, 0.29) is 6.04 Å². The fourth-order valence-corrected chi connectivity index (χ4v) is 2.86. The first-order valence-corrected chi connectivity index (χ1v) is 8.01. The Labute approximate surface area is 142 Å². The van der Waals surface area contributed by atoms with Crippen molar-refractivity contribution in [3.05, 3.63) is 65.9 Å². The van der Waals surface area contributed by atoms with Crippen LogP contribution in [0.15, 0.2) is 54.7 Å². The van der Waals surface area contributed by atoms with Crippen molar-refractivity contribution in [1.82, 2.24) is 10.3 Å². The lowest BCUT2D eigenvalue weighted by atomic mass is 10.1. The Morgan fingerprint density at radius 2 is 1.88 bits per heavy atom. The second kappa shape index (κ2) is 7.32. The number of hydrogen-bond donors (Lipinski definition) is 1. The number of benzene rings is 2. The molecule has 3 aromatic rings. The minimum Gasteiger partial charge on any atom is -0.497 e. The molecular weight excluding hydrogens is 300 g/mol. The molecule has 1 N–H and O–H groups in total. The zero-order valence-electron chi connectivity index (χ0n) is 14.2. The number of fused-ring (bicyclic) bond motifs is 1. The average molecular weight is 322 g/mol. The van der Waals surface area contributed by atoms with Crippen molar-refractivity contribution >= 4 is 10.9 Å². The van der Waals surface area contributed by atoms with E-state index in [9.17, 15) is 0 Å². The highest BCUT2D eigenvalue weighted by atomic mass is 16.5. The van der Waals surface area contributed by atoms with Gasteiger partial charge in [-0.15, -0.1) is 0 Å². The molecule has 0 amide bonds. The van der Waals surface area contributed by atoms with Gasteiger partial charge in [0.2, 0.25) is 0 Å². The van der Waals surface area contributed by atoms with Crippen molar-refractivity contribution in [1.29, 1.82) is 0 Å². The van der Waals surface area contributed by atoms with Crippen molar-refractivity contribution < 1.29 is 9.47 Å². The smallest absolute Gasteiger partial charge is 0.123 e. The molecule has 1 heterocycles. The molecule has 0 saturated carbocycles. The molecule has 4 heteroatoms. The Bertz CT molecular complexity index is 827. The average Bonchev–Trinajstić information content (AvgIpc) is 2.65. The van der Waals surface area contributed by atoms with Gasteiger partial charge in [-0.25, -0.2) is 0 Å². The Kier molecular flexibility index (Phi) is 4.96. The number of hydrogen-bond acceptors (Lipinski definition) is 4. The van der Waals surface area contributed by atoms with E-state index in [0.717, 1.165) is 34.5 Å². The first-order chi connectivity index (χ1) is 11.7. The third kappa shape index (κ3) is 3.34. The Morgan fingerprint density at radius 3 is 2.67 bits per heavy atom. The van der Waals surface area contributed by atoms with E-state index >= 15 is 0 Å². The molecule has 124 valence electrons. The Hall–Kier alpha value is -2.59. The van der Waals surface area contributed by atoms with Crippen LogP contribution in [0.3, 0.4) is 0 Å². The van der Waals surface area contributed by atoms with Crippen LogP contribution in [0.5, 0.6) is 11.5 Å².